The monoisotopic (exact) mass is 408 g/mol. The van der Waals surface area contributed by atoms with E-state index in [-0.39, 0.29) is 6.04 Å². The fourth-order valence-electron chi connectivity index (χ4n) is 4.29. The molecule has 0 radical (unpaired) electrons. The van der Waals surface area contributed by atoms with Crippen LogP contribution >= 0.6 is 0 Å². The number of aromatic nitrogens is 3. The van der Waals surface area contributed by atoms with Gasteiger partial charge in [0.25, 0.3) is 0 Å². The van der Waals surface area contributed by atoms with E-state index in [9.17, 15) is 5.26 Å². The molecule has 1 aliphatic rings. The molecule has 0 amide bonds. The van der Waals surface area contributed by atoms with E-state index in [1.165, 1.54) is 5.56 Å². The molecule has 4 aromatic rings. The van der Waals surface area contributed by atoms with Gasteiger partial charge in [0.2, 0.25) is 0 Å². The van der Waals surface area contributed by atoms with Crippen molar-refractivity contribution in [2.75, 3.05) is 18.0 Å². The molecule has 0 atom stereocenters. The van der Waals surface area contributed by atoms with Gasteiger partial charge in [0.1, 0.15) is 6.33 Å². The van der Waals surface area contributed by atoms with Crippen molar-refractivity contribution in [3.63, 3.8) is 0 Å². The molecule has 154 valence electrons. The van der Waals surface area contributed by atoms with Gasteiger partial charge in [-0.3, -0.25) is 4.40 Å². The van der Waals surface area contributed by atoms with Gasteiger partial charge in [-0.15, -0.1) is 10.2 Å². The van der Waals surface area contributed by atoms with E-state index in [0.29, 0.717) is 5.56 Å². The molecule has 2 N–H and O–H groups in total. The normalized spacial score (nSPS) is 14.7. The average Bonchev–Trinajstić information content (AvgIpc) is 3.20. The zero-order valence-corrected chi connectivity index (χ0v) is 17.5. The van der Waals surface area contributed by atoms with Crippen molar-refractivity contribution in [1.82, 2.24) is 14.6 Å². The van der Waals surface area contributed by atoms with Crippen molar-refractivity contribution in [2.45, 2.75) is 25.8 Å². The number of nitriles is 1. The van der Waals surface area contributed by atoms with E-state index in [4.69, 9.17) is 5.73 Å². The Morgan fingerprint density at radius 2 is 1.68 bits per heavy atom. The van der Waals surface area contributed by atoms with Crippen LogP contribution in [0.4, 0.5) is 5.82 Å². The van der Waals surface area contributed by atoms with Crippen LogP contribution in [0.3, 0.4) is 0 Å². The average molecular weight is 409 g/mol. The van der Waals surface area contributed by atoms with Gasteiger partial charge in [-0.25, -0.2) is 0 Å². The summed E-state index contributed by atoms with van der Waals surface area (Å²) in [5, 5.41) is 18.0. The predicted molar refractivity (Wildman–Crippen MR) is 123 cm³/mol. The number of rotatable bonds is 3. The number of benzene rings is 2. The highest BCUT2D eigenvalue weighted by Gasteiger charge is 2.23. The van der Waals surface area contributed by atoms with Gasteiger partial charge in [-0.2, -0.15) is 5.26 Å². The second-order valence-electron chi connectivity index (χ2n) is 8.20. The lowest BCUT2D eigenvalue weighted by atomic mass is 10.00. The maximum absolute atomic E-state index is 9.19. The Morgan fingerprint density at radius 3 is 2.35 bits per heavy atom. The Balaban J connectivity index is 1.72. The van der Waals surface area contributed by atoms with Crippen LogP contribution in [0.25, 0.3) is 27.9 Å². The summed E-state index contributed by atoms with van der Waals surface area (Å²) in [6, 6.07) is 20.9. The van der Waals surface area contributed by atoms with Gasteiger partial charge in [-0.1, -0.05) is 42.0 Å². The van der Waals surface area contributed by atoms with Crippen molar-refractivity contribution >= 4 is 11.3 Å². The zero-order chi connectivity index (χ0) is 21.4. The molecule has 6 heteroatoms. The Hall–Kier alpha value is -3.69. The summed E-state index contributed by atoms with van der Waals surface area (Å²) in [7, 11) is 0. The predicted octanol–water partition coefficient (Wildman–Crippen LogP) is 4.17. The second kappa shape index (κ2) is 7.86. The van der Waals surface area contributed by atoms with E-state index in [1.807, 2.05) is 24.3 Å². The van der Waals surface area contributed by atoms with E-state index >= 15 is 0 Å². The molecule has 0 unspecified atom stereocenters. The minimum Gasteiger partial charge on any atom is -0.353 e. The molecular weight excluding hydrogens is 384 g/mol. The quantitative estimate of drug-likeness (QED) is 0.550. The number of piperidine rings is 1. The van der Waals surface area contributed by atoms with Crippen molar-refractivity contribution in [3.8, 4) is 28.5 Å². The van der Waals surface area contributed by atoms with Gasteiger partial charge < -0.3 is 10.6 Å². The molecular formula is C25H24N6. The molecule has 1 fully saturated rings. The number of hydrogen-bond donors (Lipinski definition) is 1. The molecule has 31 heavy (non-hydrogen) atoms. The summed E-state index contributed by atoms with van der Waals surface area (Å²) < 4.78 is 2.13. The number of nitrogens with two attached hydrogens (primary N) is 1. The minimum absolute atomic E-state index is 0.257. The van der Waals surface area contributed by atoms with Crippen LogP contribution in [0.5, 0.6) is 0 Å². The third kappa shape index (κ3) is 3.54. The standard InChI is InChI=1S/C25H24N6/c1-17-2-6-20(7-3-17)24-22(19-8-4-18(15-26)5-9-19)14-23-25(29-28-16-31(23)24)30-12-10-21(27)11-13-30/h2-9,14,16,21H,10-13,27H2,1H3. The summed E-state index contributed by atoms with van der Waals surface area (Å²) in [4.78, 5) is 2.28. The number of aryl methyl sites for hydroxylation is 1. The zero-order valence-electron chi connectivity index (χ0n) is 17.5. The second-order valence-corrected chi connectivity index (χ2v) is 8.20. The first kappa shape index (κ1) is 19.3. The molecule has 0 aliphatic carbocycles. The molecule has 5 rings (SSSR count). The van der Waals surface area contributed by atoms with E-state index in [0.717, 1.165) is 59.7 Å². The summed E-state index contributed by atoms with van der Waals surface area (Å²) in [5.74, 6) is 0.891. The minimum atomic E-state index is 0.257. The molecule has 0 saturated carbocycles. The van der Waals surface area contributed by atoms with E-state index < -0.39 is 0 Å². The van der Waals surface area contributed by atoms with Crippen molar-refractivity contribution in [2.24, 2.45) is 5.73 Å². The van der Waals surface area contributed by atoms with Gasteiger partial charge in [-0.05, 0) is 49.1 Å². The lowest BCUT2D eigenvalue weighted by Gasteiger charge is -2.31. The molecule has 6 nitrogen and oxygen atoms in total. The Bertz CT molecular complexity index is 1260. The van der Waals surface area contributed by atoms with Crippen LogP contribution in [0.15, 0.2) is 60.9 Å². The van der Waals surface area contributed by atoms with Gasteiger partial charge in [0.15, 0.2) is 5.82 Å². The molecule has 2 aromatic carbocycles. The third-order valence-electron chi connectivity index (χ3n) is 6.07. The Morgan fingerprint density at radius 1 is 1.00 bits per heavy atom. The van der Waals surface area contributed by atoms with Crippen molar-refractivity contribution < 1.29 is 0 Å². The highest BCUT2D eigenvalue weighted by Crippen LogP contribution is 2.38. The third-order valence-corrected chi connectivity index (χ3v) is 6.07. The van der Waals surface area contributed by atoms with Crippen LogP contribution in [0.2, 0.25) is 0 Å². The fourth-order valence-corrected chi connectivity index (χ4v) is 4.29. The van der Waals surface area contributed by atoms with E-state index in [2.05, 4.69) is 62.8 Å². The fraction of sp³-hybridized carbons (Fsp3) is 0.240. The van der Waals surface area contributed by atoms with Gasteiger partial charge in [0.05, 0.1) is 22.8 Å². The molecule has 1 aliphatic heterocycles. The molecule has 3 heterocycles. The first-order chi connectivity index (χ1) is 15.1. The number of nitrogens with zero attached hydrogens (tertiary/aromatic N) is 5. The molecule has 1 saturated heterocycles. The number of anilines is 1. The maximum Gasteiger partial charge on any atom is 0.175 e. The van der Waals surface area contributed by atoms with Crippen molar-refractivity contribution in [3.05, 3.63) is 72.1 Å². The smallest absolute Gasteiger partial charge is 0.175 e. The first-order valence-corrected chi connectivity index (χ1v) is 10.6. The van der Waals surface area contributed by atoms with Crippen LogP contribution < -0.4 is 10.6 Å². The number of hydrogen-bond acceptors (Lipinski definition) is 5. The first-order valence-electron chi connectivity index (χ1n) is 10.6. The topological polar surface area (TPSA) is 83.2 Å². The van der Waals surface area contributed by atoms with Crippen LogP contribution in [-0.2, 0) is 0 Å². The summed E-state index contributed by atoms with van der Waals surface area (Å²) >= 11 is 0. The molecule has 2 aromatic heterocycles. The lowest BCUT2D eigenvalue weighted by Crippen LogP contribution is -2.40. The SMILES string of the molecule is Cc1ccc(-c2c(-c3ccc(C#N)cc3)cc3c(N4CCC(N)CC4)nncn23)cc1. The van der Waals surface area contributed by atoms with Crippen molar-refractivity contribution in [1.29, 1.82) is 5.26 Å². The van der Waals surface area contributed by atoms with E-state index in [1.54, 1.807) is 6.33 Å². The Kier molecular flexibility index (Phi) is 4.89. The van der Waals surface area contributed by atoms with Crippen LogP contribution in [0, 0.1) is 18.3 Å². The highest BCUT2D eigenvalue weighted by molar-refractivity contribution is 5.90. The largest absolute Gasteiger partial charge is 0.353 e. The van der Waals surface area contributed by atoms with Crippen LogP contribution in [-0.4, -0.2) is 33.7 Å². The lowest BCUT2D eigenvalue weighted by molar-refractivity contribution is 0.498. The van der Waals surface area contributed by atoms with Gasteiger partial charge >= 0.3 is 0 Å². The molecule has 0 bridgehead atoms. The number of fused-ring (bicyclic) bond motifs is 1. The summed E-state index contributed by atoms with van der Waals surface area (Å²) in [5.41, 5.74) is 13.4. The highest BCUT2D eigenvalue weighted by atomic mass is 15.3. The maximum atomic E-state index is 9.19. The summed E-state index contributed by atoms with van der Waals surface area (Å²) in [6.45, 7) is 3.85. The molecule has 0 spiro atoms. The van der Waals surface area contributed by atoms with Gasteiger partial charge in [0, 0.05) is 24.7 Å². The van der Waals surface area contributed by atoms with Crippen LogP contribution in [0.1, 0.15) is 24.0 Å². The summed E-state index contributed by atoms with van der Waals surface area (Å²) in [6.07, 6.45) is 3.70. The Labute approximate surface area is 181 Å².